The van der Waals surface area contributed by atoms with Crippen molar-refractivity contribution in [3.05, 3.63) is 29.1 Å². The maximum Gasteiger partial charge on any atom is 0.196 e. The molecule has 0 fully saturated rings. The Morgan fingerprint density at radius 1 is 1.42 bits per heavy atom. The number of hydrogen-bond donors (Lipinski definition) is 1. The van der Waals surface area contributed by atoms with Gasteiger partial charge in [-0.15, -0.1) is 11.3 Å². The number of oxazole rings is 1. The van der Waals surface area contributed by atoms with E-state index in [-0.39, 0.29) is 0 Å². The van der Waals surface area contributed by atoms with E-state index in [1.54, 1.807) is 18.4 Å². The summed E-state index contributed by atoms with van der Waals surface area (Å²) >= 11 is 1.71. The minimum absolute atomic E-state index is 0.728. The lowest BCUT2D eigenvalue weighted by atomic mass is 10.2. The Morgan fingerprint density at radius 2 is 2.32 bits per heavy atom. The zero-order valence-corrected chi connectivity index (χ0v) is 12.3. The van der Waals surface area contributed by atoms with Crippen LogP contribution < -0.4 is 5.32 Å². The predicted octanol–water partition coefficient (Wildman–Crippen LogP) is 2.74. The number of aromatic nitrogens is 1. The number of thiophene rings is 1. The fourth-order valence-corrected chi connectivity index (χ4v) is 2.80. The van der Waals surface area contributed by atoms with Crippen LogP contribution in [0.1, 0.15) is 18.4 Å². The number of rotatable bonds is 8. The van der Waals surface area contributed by atoms with Gasteiger partial charge in [-0.25, -0.2) is 4.98 Å². The molecule has 19 heavy (non-hydrogen) atoms. The normalized spacial score (nSPS) is 11.1. The minimum atomic E-state index is 0.728. The molecule has 0 bridgehead atoms. The Labute approximate surface area is 117 Å². The fraction of sp³-hybridized carbons (Fsp3) is 0.500. The van der Waals surface area contributed by atoms with Gasteiger partial charge in [0, 0.05) is 26.6 Å². The molecule has 0 aromatic carbocycles. The molecule has 0 saturated heterocycles. The van der Waals surface area contributed by atoms with Gasteiger partial charge in [-0.3, -0.25) is 0 Å². The standard InChI is InChI=1S/C14H20N2O2S/c1-3-11-5-9-19-14(11)12-10-16-13(18-12)4-6-15-7-8-17-2/h5,9-10,15H,3-4,6-8H2,1-2H3. The van der Waals surface area contributed by atoms with Crippen LogP contribution in [0.15, 0.2) is 22.1 Å². The second-order valence-electron chi connectivity index (χ2n) is 4.24. The molecule has 2 aromatic heterocycles. The van der Waals surface area contributed by atoms with Crippen molar-refractivity contribution in [1.82, 2.24) is 10.3 Å². The number of methoxy groups -OCH3 is 1. The monoisotopic (exact) mass is 280 g/mol. The number of nitrogens with zero attached hydrogens (tertiary/aromatic N) is 1. The van der Waals surface area contributed by atoms with Crippen molar-refractivity contribution in [2.24, 2.45) is 0 Å². The summed E-state index contributed by atoms with van der Waals surface area (Å²) in [6.45, 7) is 4.60. The largest absolute Gasteiger partial charge is 0.440 e. The van der Waals surface area contributed by atoms with Crippen LogP contribution in [0.3, 0.4) is 0 Å². The molecule has 2 heterocycles. The van der Waals surface area contributed by atoms with Crippen LogP contribution in [-0.2, 0) is 17.6 Å². The summed E-state index contributed by atoms with van der Waals surface area (Å²) in [4.78, 5) is 5.54. The first-order valence-corrected chi connectivity index (χ1v) is 7.44. The van der Waals surface area contributed by atoms with Crippen LogP contribution in [0.4, 0.5) is 0 Å². The lowest BCUT2D eigenvalue weighted by molar-refractivity contribution is 0.199. The Morgan fingerprint density at radius 3 is 3.11 bits per heavy atom. The SMILES string of the molecule is CCc1ccsc1-c1cnc(CCNCCOC)o1. The molecule has 0 aliphatic heterocycles. The van der Waals surface area contributed by atoms with Gasteiger partial charge in [0.15, 0.2) is 11.7 Å². The van der Waals surface area contributed by atoms with Crippen molar-refractivity contribution in [3.8, 4) is 10.6 Å². The summed E-state index contributed by atoms with van der Waals surface area (Å²) in [6, 6.07) is 2.15. The summed E-state index contributed by atoms with van der Waals surface area (Å²) in [6.07, 6.45) is 3.65. The third kappa shape index (κ3) is 3.89. The molecular formula is C14H20N2O2S. The molecular weight excluding hydrogens is 260 g/mol. The second-order valence-corrected chi connectivity index (χ2v) is 5.16. The number of nitrogens with one attached hydrogen (secondary N) is 1. The minimum Gasteiger partial charge on any atom is -0.440 e. The maximum absolute atomic E-state index is 5.81. The van der Waals surface area contributed by atoms with E-state index in [4.69, 9.17) is 9.15 Å². The van der Waals surface area contributed by atoms with Gasteiger partial charge >= 0.3 is 0 Å². The molecule has 104 valence electrons. The van der Waals surface area contributed by atoms with Crippen molar-refractivity contribution in [1.29, 1.82) is 0 Å². The molecule has 0 unspecified atom stereocenters. The summed E-state index contributed by atoms with van der Waals surface area (Å²) in [7, 11) is 1.70. The van der Waals surface area contributed by atoms with E-state index in [0.717, 1.165) is 44.2 Å². The van der Waals surface area contributed by atoms with Crippen molar-refractivity contribution in [2.75, 3.05) is 26.8 Å². The quantitative estimate of drug-likeness (QED) is 0.755. The van der Waals surface area contributed by atoms with Gasteiger partial charge in [-0.2, -0.15) is 0 Å². The number of hydrogen-bond acceptors (Lipinski definition) is 5. The van der Waals surface area contributed by atoms with Gasteiger partial charge < -0.3 is 14.5 Å². The molecule has 0 aliphatic rings. The summed E-state index contributed by atoms with van der Waals surface area (Å²) < 4.78 is 10.8. The molecule has 0 atom stereocenters. The highest BCUT2D eigenvalue weighted by atomic mass is 32.1. The second kappa shape index (κ2) is 7.43. The average Bonchev–Trinajstić information content (AvgIpc) is 3.06. The Hall–Kier alpha value is -1.17. The van der Waals surface area contributed by atoms with Gasteiger partial charge in [0.1, 0.15) is 0 Å². The third-order valence-electron chi connectivity index (χ3n) is 2.90. The fourth-order valence-electron chi connectivity index (χ4n) is 1.86. The first-order chi connectivity index (χ1) is 9.35. The van der Waals surface area contributed by atoms with Gasteiger partial charge in [0.05, 0.1) is 17.7 Å². The van der Waals surface area contributed by atoms with E-state index in [2.05, 4.69) is 28.7 Å². The molecule has 0 amide bonds. The predicted molar refractivity (Wildman–Crippen MR) is 77.6 cm³/mol. The molecule has 2 aromatic rings. The van der Waals surface area contributed by atoms with Crippen LogP contribution >= 0.6 is 11.3 Å². The Bertz CT molecular complexity index is 493. The van der Waals surface area contributed by atoms with Crippen LogP contribution in [0.2, 0.25) is 0 Å². The van der Waals surface area contributed by atoms with Gasteiger partial charge in [0.25, 0.3) is 0 Å². The Kier molecular flexibility index (Phi) is 5.57. The van der Waals surface area contributed by atoms with E-state index in [1.165, 1.54) is 10.4 Å². The lowest BCUT2D eigenvalue weighted by Crippen LogP contribution is -2.21. The van der Waals surface area contributed by atoms with Crippen LogP contribution in [-0.4, -0.2) is 31.8 Å². The molecule has 0 aliphatic carbocycles. The van der Waals surface area contributed by atoms with E-state index < -0.39 is 0 Å². The van der Waals surface area contributed by atoms with E-state index >= 15 is 0 Å². The lowest BCUT2D eigenvalue weighted by Gasteiger charge is -2.01. The number of aryl methyl sites for hydroxylation is 1. The molecule has 4 nitrogen and oxygen atoms in total. The molecule has 5 heteroatoms. The van der Waals surface area contributed by atoms with Gasteiger partial charge in [0.2, 0.25) is 0 Å². The average molecular weight is 280 g/mol. The highest BCUT2D eigenvalue weighted by Gasteiger charge is 2.11. The van der Waals surface area contributed by atoms with Crippen LogP contribution in [0, 0.1) is 0 Å². The van der Waals surface area contributed by atoms with E-state index in [1.807, 2.05) is 6.20 Å². The highest BCUT2D eigenvalue weighted by molar-refractivity contribution is 7.13. The van der Waals surface area contributed by atoms with Crippen molar-refractivity contribution in [2.45, 2.75) is 19.8 Å². The zero-order valence-electron chi connectivity index (χ0n) is 11.4. The first-order valence-electron chi connectivity index (χ1n) is 6.56. The first kappa shape index (κ1) is 14.2. The summed E-state index contributed by atoms with van der Waals surface area (Å²) in [5.41, 5.74) is 1.32. The molecule has 2 rings (SSSR count). The van der Waals surface area contributed by atoms with Gasteiger partial charge in [-0.1, -0.05) is 6.92 Å². The van der Waals surface area contributed by atoms with Gasteiger partial charge in [-0.05, 0) is 23.4 Å². The zero-order chi connectivity index (χ0) is 13.5. The topological polar surface area (TPSA) is 47.3 Å². The summed E-state index contributed by atoms with van der Waals surface area (Å²) in [5, 5.41) is 5.38. The molecule has 0 spiro atoms. The smallest absolute Gasteiger partial charge is 0.196 e. The van der Waals surface area contributed by atoms with E-state index in [0.29, 0.717) is 0 Å². The molecule has 1 N–H and O–H groups in total. The highest BCUT2D eigenvalue weighted by Crippen LogP contribution is 2.30. The maximum atomic E-state index is 5.81. The van der Waals surface area contributed by atoms with Crippen molar-refractivity contribution in [3.63, 3.8) is 0 Å². The molecule has 0 radical (unpaired) electrons. The third-order valence-corrected chi connectivity index (χ3v) is 3.87. The van der Waals surface area contributed by atoms with E-state index in [9.17, 15) is 0 Å². The molecule has 0 saturated carbocycles. The van der Waals surface area contributed by atoms with Crippen molar-refractivity contribution >= 4 is 11.3 Å². The number of ether oxygens (including phenoxy) is 1. The Balaban J connectivity index is 1.88. The van der Waals surface area contributed by atoms with Crippen LogP contribution in [0.5, 0.6) is 0 Å². The summed E-state index contributed by atoms with van der Waals surface area (Å²) in [5.74, 6) is 1.68. The van der Waals surface area contributed by atoms with Crippen LogP contribution in [0.25, 0.3) is 10.6 Å². The van der Waals surface area contributed by atoms with Crippen molar-refractivity contribution < 1.29 is 9.15 Å².